The number of carbonyl (C=O) groups is 1. The normalized spacial score (nSPS) is 14.9. The molecule has 3 rings (SSSR count). The number of amides is 1. The van der Waals surface area contributed by atoms with Gasteiger partial charge in [0.05, 0.1) is 6.61 Å². The van der Waals surface area contributed by atoms with Gasteiger partial charge >= 0.3 is 0 Å². The van der Waals surface area contributed by atoms with E-state index in [2.05, 4.69) is 37.1 Å². The highest BCUT2D eigenvalue weighted by Gasteiger charge is 2.17. The summed E-state index contributed by atoms with van der Waals surface area (Å²) in [5.41, 5.74) is 1.19. The number of likely N-dealkylation sites (N-methyl/N-ethyl adjacent to an activating group) is 1. The monoisotopic (exact) mass is 356 g/mol. The van der Waals surface area contributed by atoms with Crippen LogP contribution >= 0.6 is 0 Å². The van der Waals surface area contributed by atoms with Crippen molar-refractivity contribution in [1.82, 2.24) is 25.2 Å². The number of pyridine rings is 1. The lowest BCUT2D eigenvalue weighted by Gasteiger charge is -2.33. The van der Waals surface area contributed by atoms with Crippen molar-refractivity contribution in [2.75, 3.05) is 44.7 Å². The Hall–Kier alpha value is -2.74. The van der Waals surface area contributed by atoms with Gasteiger partial charge in [0.25, 0.3) is 5.91 Å². The molecule has 8 nitrogen and oxygen atoms in total. The van der Waals surface area contributed by atoms with E-state index in [1.165, 1.54) is 6.33 Å². The summed E-state index contributed by atoms with van der Waals surface area (Å²) < 4.78 is 5.48. The van der Waals surface area contributed by atoms with Crippen molar-refractivity contribution in [2.45, 2.75) is 13.5 Å². The van der Waals surface area contributed by atoms with Crippen LogP contribution in [0.5, 0.6) is 5.88 Å². The number of ether oxygens (including phenoxy) is 1. The molecule has 8 heteroatoms. The Morgan fingerprint density at radius 2 is 2.04 bits per heavy atom. The zero-order valence-electron chi connectivity index (χ0n) is 15.2. The predicted octanol–water partition coefficient (Wildman–Crippen LogP) is 0.952. The molecule has 3 heterocycles. The van der Waals surface area contributed by atoms with Gasteiger partial charge in [0, 0.05) is 50.6 Å². The fourth-order valence-corrected chi connectivity index (χ4v) is 2.77. The van der Waals surface area contributed by atoms with Crippen molar-refractivity contribution in [2.24, 2.45) is 0 Å². The number of hydrogen-bond acceptors (Lipinski definition) is 7. The molecule has 0 spiro atoms. The van der Waals surface area contributed by atoms with Gasteiger partial charge in [-0.05, 0) is 20.0 Å². The van der Waals surface area contributed by atoms with Crippen molar-refractivity contribution in [3.05, 3.63) is 42.0 Å². The Kier molecular flexibility index (Phi) is 5.96. The van der Waals surface area contributed by atoms with Crippen LogP contribution in [-0.2, 0) is 6.54 Å². The van der Waals surface area contributed by atoms with Crippen LogP contribution in [0.1, 0.15) is 23.0 Å². The van der Waals surface area contributed by atoms with E-state index in [1.54, 1.807) is 12.3 Å². The zero-order chi connectivity index (χ0) is 18.4. The highest BCUT2D eigenvalue weighted by Crippen LogP contribution is 2.15. The molecule has 0 aliphatic carbocycles. The Morgan fingerprint density at radius 3 is 2.81 bits per heavy atom. The lowest BCUT2D eigenvalue weighted by atomic mass is 10.2. The molecule has 0 radical (unpaired) electrons. The van der Waals surface area contributed by atoms with Crippen molar-refractivity contribution in [1.29, 1.82) is 0 Å². The lowest BCUT2D eigenvalue weighted by Crippen LogP contribution is -2.44. The molecule has 1 aliphatic heterocycles. The number of piperazine rings is 1. The molecule has 0 unspecified atom stereocenters. The van der Waals surface area contributed by atoms with Gasteiger partial charge in [-0.1, -0.05) is 6.07 Å². The van der Waals surface area contributed by atoms with Crippen molar-refractivity contribution in [3.63, 3.8) is 0 Å². The molecule has 1 N–H and O–H groups in total. The first-order valence-corrected chi connectivity index (χ1v) is 8.77. The van der Waals surface area contributed by atoms with Crippen LogP contribution in [0, 0.1) is 0 Å². The molecule has 2 aromatic heterocycles. The Labute approximate surface area is 153 Å². The van der Waals surface area contributed by atoms with Gasteiger partial charge in [-0.15, -0.1) is 0 Å². The Morgan fingerprint density at radius 1 is 1.23 bits per heavy atom. The van der Waals surface area contributed by atoms with Gasteiger partial charge in [-0.25, -0.2) is 15.0 Å². The maximum Gasteiger partial charge on any atom is 0.270 e. The number of hydrogen-bond donors (Lipinski definition) is 1. The fourth-order valence-electron chi connectivity index (χ4n) is 2.77. The third-order valence-corrected chi connectivity index (χ3v) is 4.28. The Balaban J connectivity index is 1.64. The minimum Gasteiger partial charge on any atom is -0.478 e. The molecule has 0 saturated carbocycles. The van der Waals surface area contributed by atoms with Gasteiger partial charge in [-0.2, -0.15) is 0 Å². The maximum atomic E-state index is 12.5. The fraction of sp³-hybridized carbons (Fsp3) is 0.444. The Bertz CT molecular complexity index is 746. The van der Waals surface area contributed by atoms with Gasteiger partial charge in [-0.3, -0.25) is 4.79 Å². The minimum atomic E-state index is -0.242. The molecule has 1 amide bonds. The quantitative estimate of drug-likeness (QED) is 0.825. The topological polar surface area (TPSA) is 83.5 Å². The summed E-state index contributed by atoms with van der Waals surface area (Å²) in [6.45, 7) is 6.50. The van der Waals surface area contributed by atoms with E-state index in [-0.39, 0.29) is 5.91 Å². The van der Waals surface area contributed by atoms with Crippen molar-refractivity contribution >= 4 is 11.7 Å². The van der Waals surface area contributed by atoms with E-state index in [1.807, 2.05) is 19.1 Å². The molecule has 1 fully saturated rings. The zero-order valence-corrected chi connectivity index (χ0v) is 15.2. The second kappa shape index (κ2) is 8.57. The second-order valence-corrected chi connectivity index (χ2v) is 6.14. The number of aromatic nitrogens is 3. The summed E-state index contributed by atoms with van der Waals surface area (Å²) in [5, 5.41) is 2.88. The van der Waals surface area contributed by atoms with E-state index < -0.39 is 0 Å². The first kappa shape index (κ1) is 18.1. The van der Waals surface area contributed by atoms with Gasteiger partial charge in [0.15, 0.2) is 0 Å². The van der Waals surface area contributed by atoms with E-state index in [4.69, 9.17) is 4.74 Å². The summed E-state index contributed by atoms with van der Waals surface area (Å²) in [5.74, 6) is 1.08. The summed E-state index contributed by atoms with van der Waals surface area (Å²) in [6.07, 6.45) is 3.11. The average Bonchev–Trinajstić information content (AvgIpc) is 2.68. The van der Waals surface area contributed by atoms with E-state index in [9.17, 15) is 4.79 Å². The SMILES string of the molecule is CCOc1ncccc1CNC(=O)c1cc(N2CCN(C)CC2)ncn1. The van der Waals surface area contributed by atoms with Crippen molar-refractivity contribution in [3.8, 4) is 5.88 Å². The van der Waals surface area contributed by atoms with Crippen LogP contribution in [0.4, 0.5) is 5.82 Å². The van der Waals surface area contributed by atoms with Crippen LogP contribution in [0.15, 0.2) is 30.7 Å². The van der Waals surface area contributed by atoms with Crippen LogP contribution < -0.4 is 15.0 Å². The smallest absolute Gasteiger partial charge is 0.270 e. The number of carbonyl (C=O) groups excluding carboxylic acids is 1. The van der Waals surface area contributed by atoms with Crippen LogP contribution in [0.2, 0.25) is 0 Å². The van der Waals surface area contributed by atoms with E-state index in [0.29, 0.717) is 24.7 Å². The van der Waals surface area contributed by atoms with Gasteiger partial charge < -0.3 is 19.9 Å². The number of anilines is 1. The number of nitrogens with zero attached hydrogens (tertiary/aromatic N) is 5. The highest BCUT2D eigenvalue weighted by molar-refractivity contribution is 5.92. The molecule has 0 atom stereocenters. The maximum absolute atomic E-state index is 12.5. The lowest BCUT2D eigenvalue weighted by molar-refractivity contribution is 0.0945. The standard InChI is InChI=1S/C18H24N6O2/c1-3-26-18-14(5-4-6-19-18)12-20-17(25)15-11-16(22-13-21-15)24-9-7-23(2)8-10-24/h4-6,11,13H,3,7-10,12H2,1-2H3,(H,20,25). The molecule has 2 aromatic rings. The van der Waals surface area contributed by atoms with Crippen molar-refractivity contribution < 1.29 is 9.53 Å². The highest BCUT2D eigenvalue weighted by atomic mass is 16.5. The number of rotatable bonds is 6. The van der Waals surface area contributed by atoms with Gasteiger partial charge in [0.2, 0.25) is 5.88 Å². The predicted molar refractivity (Wildman–Crippen MR) is 98.3 cm³/mol. The number of nitrogens with one attached hydrogen (secondary N) is 1. The summed E-state index contributed by atoms with van der Waals surface area (Å²) in [6, 6.07) is 5.45. The first-order valence-electron chi connectivity index (χ1n) is 8.77. The third-order valence-electron chi connectivity index (χ3n) is 4.28. The third kappa shape index (κ3) is 4.45. The van der Waals surface area contributed by atoms with Crippen LogP contribution in [0.3, 0.4) is 0 Å². The second-order valence-electron chi connectivity index (χ2n) is 6.14. The van der Waals surface area contributed by atoms with E-state index >= 15 is 0 Å². The summed E-state index contributed by atoms with van der Waals surface area (Å²) in [7, 11) is 2.10. The summed E-state index contributed by atoms with van der Waals surface area (Å²) in [4.78, 5) is 29.5. The van der Waals surface area contributed by atoms with Crippen LogP contribution in [0.25, 0.3) is 0 Å². The average molecular weight is 356 g/mol. The molecule has 26 heavy (non-hydrogen) atoms. The molecule has 1 saturated heterocycles. The summed E-state index contributed by atoms with van der Waals surface area (Å²) >= 11 is 0. The molecular formula is C18H24N6O2. The van der Waals surface area contributed by atoms with Gasteiger partial charge in [0.1, 0.15) is 17.8 Å². The molecular weight excluding hydrogens is 332 g/mol. The minimum absolute atomic E-state index is 0.242. The molecule has 138 valence electrons. The first-order chi connectivity index (χ1) is 12.7. The largest absolute Gasteiger partial charge is 0.478 e. The molecule has 0 bridgehead atoms. The van der Waals surface area contributed by atoms with E-state index in [0.717, 1.165) is 37.6 Å². The van der Waals surface area contributed by atoms with Crippen LogP contribution in [-0.4, -0.2) is 65.6 Å². The molecule has 1 aliphatic rings. The molecule has 0 aromatic carbocycles.